The second-order valence-electron chi connectivity index (χ2n) is 10.3. The number of fused-ring (bicyclic) bond motifs is 3. The third-order valence-electron chi connectivity index (χ3n) is 7.90. The lowest BCUT2D eigenvalue weighted by Crippen LogP contribution is -1.99. The predicted molar refractivity (Wildman–Crippen MR) is 170 cm³/mol. The summed E-state index contributed by atoms with van der Waals surface area (Å²) in [5, 5.41) is 4.78. The Labute approximate surface area is 238 Å². The number of nitrogens with zero attached hydrogens (tertiary/aromatic N) is 3. The first-order valence-corrected chi connectivity index (χ1v) is 13.8. The molecule has 0 bridgehead atoms. The zero-order chi connectivity index (χ0) is 27.2. The quantitative estimate of drug-likeness (QED) is 0.215. The van der Waals surface area contributed by atoms with Crippen LogP contribution in [0.1, 0.15) is 0 Å². The minimum absolute atomic E-state index is 0.946. The Balaban J connectivity index is 1.48. The SMILES string of the molecule is c1ccc(-n2c(-c3c4ccccc4c(-c4cccc(-c5ccncc5)c4)c4ccccc34)nc3ccccc32)cc1. The first-order valence-electron chi connectivity index (χ1n) is 13.8. The third kappa shape index (κ3) is 3.82. The van der Waals surface area contributed by atoms with Crippen LogP contribution in [0.25, 0.3) is 71.9 Å². The summed E-state index contributed by atoms with van der Waals surface area (Å²) in [5.41, 5.74) is 9.07. The number of hydrogen-bond acceptors (Lipinski definition) is 2. The van der Waals surface area contributed by atoms with Crippen LogP contribution in [0.4, 0.5) is 0 Å². The molecule has 2 aromatic heterocycles. The van der Waals surface area contributed by atoms with E-state index < -0.39 is 0 Å². The fourth-order valence-corrected chi connectivity index (χ4v) is 6.11. The molecule has 3 nitrogen and oxygen atoms in total. The maximum atomic E-state index is 5.27. The average Bonchev–Trinajstić information content (AvgIpc) is 3.43. The van der Waals surface area contributed by atoms with Crippen LogP contribution < -0.4 is 0 Å². The molecule has 0 aliphatic carbocycles. The molecule has 0 fully saturated rings. The largest absolute Gasteiger partial charge is 0.292 e. The van der Waals surface area contributed by atoms with Crippen molar-refractivity contribution in [3.05, 3.63) is 152 Å². The lowest BCUT2D eigenvalue weighted by atomic mass is 9.87. The number of para-hydroxylation sites is 3. The zero-order valence-electron chi connectivity index (χ0n) is 22.3. The van der Waals surface area contributed by atoms with Gasteiger partial charge in [0.2, 0.25) is 0 Å². The third-order valence-corrected chi connectivity index (χ3v) is 7.90. The Morgan fingerprint density at radius 2 is 1.02 bits per heavy atom. The Morgan fingerprint density at radius 1 is 0.439 bits per heavy atom. The highest BCUT2D eigenvalue weighted by atomic mass is 15.1. The van der Waals surface area contributed by atoms with Crippen LogP contribution in [-0.2, 0) is 0 Å². The summed E-state index contributed by atoms with van der Waals surface area (Å²) in [6, 6.07) is 49.4. The van der Waals surface area contributed by atoms with Crippen LogP contribution in [0.5, 0.6) is 0 Å². The zero-order valence-corrected chi connectivity index (χ0v) is 22.3. The van der Waals surface area contributed by atoms with Crippen LogP contribution in [0, 0.1) is 0 Å². The lowest BCUT2D eigenvalue weighted by Gasteiger charge is -2.18. The van der Waals surface area contributed by atoms with E-state index in [1.54, 1.807) is 0 Å². The molecule has 0 aliphatic rings. The Bertz CT molecular complexity index is 2140. The number of aromatic nitrogens is 3. The molecule has 192 valence electrons. The first kappa shape index (κ1) is 23.4. The van der Waals surface area contributed by atoms with Crippen LogP contribution in [-0.4, -0.2) is 14.5 Å². The van der Waals surface area contributed by atoms with Gasteiger partial charge in [-0.1, -0.05) is 97.1 Å². The van der Waals surface area contributed by atoms with E-state index in [0.29, 0.717) is 0 Å². The summed E-state index contributed by atoms with van der Waals surface area (Å²) in [5.74, 6) is 0.946. The van der Waals surface area contributed by atoms with Gasteiger partial charge in [0.05, 0.1) is 11.0 Å². The van der Waals surface area contributed by atoms with Gasteiger partial charge < -0.3 is 0 Å². The molecule has 2 heterocycles. The van der Waals surface area contributed by atoms with E-state index in [-0.39, 0.29) is 0 Å². The van der Waals surface area contributed by atoms with Crippen LogP contribution in [0.3, 0.4) is 0 Å². The number of imidazole rings is 1. The van der Waals surface area contributed by atoms with Gasteiger partial charge in [-0.05, 0) is 86.3 Å². The molecule has 0 atom stereocenters. The van der Waals surface area contributed by atoms with Crippen molar-refractivity contribution in [2.45, 2.75) is 0 Å². The molecule has 0 spiro atoms. The van der Waals surface area contributed by atoms with Crippen molar-refractivity contribution >= 4 is 32.6 Å². The van der Waals surface area contributed by atoms with E-state index in [4.69, 9.17) is 4.98 Å². The molecule has 0 amide bonds. The summed E-state index contributed by atoms with van der Waals surface area (Å²) in [7, 11) is 0. The number of hydrogen-bond donors (Lipinski definition) is 0. The van der Waals surface area contributed by atoms with E-state index in [0.717, 1.165) is 33.7 Å². The second-order valence-corrected chi connectivity index (χ2v) is 10.3. The topological polar surface area (TPSA) is 30.7 Å². The molecule has 0 N–H and O–H groups in total. The fourth-order valence-electron chi connectivity index (χ4n) is 6.11. The molecule has 6 aromatic carbocycles. The molecule has 41 heavy (non-hydrogen) atoms. The maximum absolute atomic E-state index is 5.27. The molecule has 0 radical (unpaired) electrons. The molecular weight excluding hydrogens is 498 g/mol. The van der Waals surface area contributed by atoms with E-state index in [9.17, 15) is 0 Å². The fraction of sp³-hybridized carbons (Fsp3) is 0. The van der Waals surface area contributed by atoms with Gasteiger partial charge in [0.15, 0.2) is 0 Å². The van der Waals surface area contributed by atoms with Crippen molar-refractivity contribution < 1.29 is 0 Å². The average molecular weight is 524 g/mol. The van der Waals surface area contributed by atoms with Gasteiger partial charge in [-0.15, -0.1) is 0 Å². The van der Waals surface area contributed by atoms with Crippen molar-refractivity contribution in [2.75, 3.05) is 0 Å². The Hall–Kier alpha value is -5.54. The normalized spacial score (nSPS) is 11.4. The number of rotatable bonds is 4. The van der Waals surface area contributed by atoms with Gasteiger partial charge in [-0.3, -0.25) is 9.55 Å². The minimum Gasteiger partial charge on any atom is -0.292 e. The second kappa shape index (κ2) is 9.58. The molecule has 0 saturated heterocycles. The van der Waals surface area contributed by atoms with Crippen LogP contribution >= 0.6 is 0 Å². The first-order chi connectivity index (χ1) is 20.4. The standard InChI is InChI=1S/C38H25N3/c1-2-13-29(14-3-1)41-35-20-9-8-19-34(35)40-38(41)37-32-17-6-4-15-30(32)36(31-16-5-7-18-33(31)37)28-12-10-11-27(25-28)26-21-23-39-24-22-26/h1-25H. The highest BCUT2D eigenvalue weighted by Crippen LogP contribution is 2.45. The van der Waals surface area contributed by atoms with Crippen LogP contribution in [0.2, 0.25) is 0 Å². The van der Waals surface area contributed by atoms with Gasteiger partial charge in [-0.2, -0.15) is 0 Å². The van der Waals surface area contributed by atoms with Crippen molar-refractivity contribution in [1.82, 2.24) is 14.5 Å². The van der Waals surface area contributed by atoms with Crippen molar-refractivity contribution in [2.24, 2.45) is 0 Å². The summed E-state index contributed by atoms with van der Waals surface area (Å²) in [6.07, 6.45) is 3.70. The highest BCUT2D eigenvalue weighted by Gasteiger charge is 2.22. The smallest absolute Gasteiger partial charge is 0.146 e. The van der Waals surface area contributed by atoms with Gasteiger partial charge in [0.25, 0.3) is 0 Å². The Morgan fingerprint density at radius 3 is 1.73 bits per heavy atom. The number of pyridine rings is 1. The predicted octanol–water partition coefficient (Wildman–Crippen LogP) is 9.73. The monoisotopic (exact) mass is 523 g/mol. The molecule has 8 rings (SSSR count). The highest BCUT2D eigenvalue weighted by molar-refractivity contribution is 6.21. The maximum Gasteiger partial charge on any atom is 0.146 e. The summed E-state index contributed by atoms with van der Waals surface area (Å²) in [6.45, 7) is 0. The summed E-state index contributed by atoms with van der Waals surface area (Å²) < 4.78 is 2.30. The van der Waals surface area contributed by atoms with Gasteiger partial charge in [0, 0.05) is 23.6 Å². The van der Waals surface area contributed by atoms with Gasteiger partial charge in [-0.25, -0.2) is 4.98 Å². The summed E-state index contributed by atoms with van der Waals surface area (Å²) >= 11 is 0. The molecule has 0 saturated carbocycles. The molecule has 3 heteroatoms. The molecule has 0 unspecified atom stereocenters. The van der Waals surface area contributed by atoms with Crippen molar-refractivity contribution in [3.63, 3.8) is 0 Å². The minimum atomic E-state index is 0.946. The van der Waals surface area contributed by atoms with Gasteiger partial charge >= 0.3 is 0 Å². The van der Waals surface area contributed by atoms with Gasteiger partial charge in [0.1, 0.15) is 5.82 Å². The number of benzene rings is 6. The van der Waals surface area contributed by atoms with Crippen molar-refractivity contribution in [1.29, 1.82) is 0 Å². The van der Waals surface area contributed by atoms with Crippen LogP contribution in [0.15, 0.2) is 152 Å². The molecule has 8 aromatic rings. The van der Waals surface area contributed by atoms with Crippen molar-refractivity contribution in [3.8, 4) is 39.3 Å². The van der Waals surface area contributed by atoms with E-state index in [1.807, 2.05) is 12.4 Å². The van der Waals surface area contributed by atoms with E-state index in [1.165, 1.54) is 38.2 Å². The summed E-state index contributed by atoms with van der Waals surface area (Å²) in [4.78, 5) is 9.48. The lowest BCUT2D eigenvalue weighted by molar-refractivity contribution is 1.11. The molecule has 0 aliphatic heterocycles. The van der Waals surface area contributed by atoms with E-state index in [2.05, 4.69) is 149 Å². The Kier molecular flexibility index (Phi) is 5.46. The molecular formula is C38H25N3. The van der Waals surface area contributed by atoms with E-state index >= 15 is 0 Å².